The van der Waals surface area contributed by atoms with Crippen molar-refractivity contribution in [2.24, 2.45) is 0 Å². The fourth-order valence-corrected chi connectivity index (χ4v) is 1.72. The molecular formula is C9H9N3S. The van der Waals surface area contributed by atoms with Gasteiger partial charge in [0.15, 0.2) is 5.01 Å². The number of nitrogens with zero attached hydrogens (tertiary/aromatic N) is 3. The van der Waals surface area contributed by atoms with Crippen LogP contribution in [0.2, 0.25) is 0 Å². The lowest BCUT2D eigenvalue weighted by Gasteiger charge is -1.94. The molecule has 2 rings (SSSR count). The molecule has 2 aromatic heterocycles. The highest BCUT2D eigenvalue weighted by Crippen LogP contribution is 2.20. The Hall–Kier alpha value is -1.29. The van der Waals surface area contributed by atoms with Crippen LogP contribution in [0.3, 0.4) is 0 Å². The second-order valence-electron chi connectivity index (χ2n) is 2.79. The van der Waals surface area contributed by atoms with Crippen LogP contribution in [0, 0.1) is 13.8 Å². The molecule has 4 heteroatoms. The summed E-state index contributed by atoms with van der Waals surface area (Å²) in [6.45, 7) is 3.91. The Balaban J connectivity index is 2.46. The van der Waals surface area contributed by atoms with Crippen LogP contribution in [0.15, 0.2) is 18.2 Å². The van der Waals surface area contributed by atoms with E-state index in [1.807, 2.05) is 32.0 Å². The van der Waals surface area contributed by atoms with Crippen molar-refractivity contribution in [3.8, 4) is 10.7 Å². The maximum absolute atomic E-state index is 4.36. The van der Waals surface area contributed by atoms with E-state index in [9.17, 15) is 0 Å². The second kappa shape index (κ2) is 3.22. The standard InChI is InChI=1S/C9H9N3S/c1-6-4-3-5-8(10-6)9-12-11-7(2)13-9/h3-5H,1-2H3. The summed E-state index contributed by atoms with van der Waals surface area (Å²) in [4.78, 5) is 4.36. The Morgan fingerprint density at radius 3 is 2.62 bits per heavy atom. The van der Waals surface area contributed by atoms with E-state index >= 15 is 0 Å². The van der Waals surface area contributed by atoms with Crippen LogP contribution in [-0.2, 0) is 0 Å². The zero-order valence-corrected chi connectivity index (χ0v) is 8.30. The van der Waals surface area contributed by atoms with Crippen LogP contribution in [0.1, 0.15) is 10.7 Å². The predicted molar refractivity (Wildman–Crippen MR) is 52.6 cm³/mol. The Bertz CT molecular complexity index is 422. The van der Waals surface area contributed by atoms with Gasteiger partial charge in [-0.1, -0.05) is 17.4 Å². The van der Waals surface area contributed by atoms with E-state index in [2.05, 4.69) is 15.2 Å². The minimum atomic E-state index is 0.890. The molecule has 0 aliphatic carbocycles. The van der Waals surface area contributed by atoms with Crippen LogP contribution >= 0.6 is 11.3 Å². The van der Waals surface area contributed by atoms with Crippen molar-refractivity contribution in [3.05, 3.63) is 28.9 Å². The van der Waals surface area contributed by atoms with E-state index in [0.29, 0.717) is 0 Å². The molecule has 0 saturated carbocycles. The summed E-state index contributed by atoms with van der Waals surface area (Å²) >= 11 is 1.56. The summed E-state index contributed by atoms with van der Waals surface area (Å²) in [5.74, 6) is 0. The van der Waals surface area contributed by atoms with E-state index in [4.69, 9.17) is 0 Å². The third kappa shape index (κ3) is 1.72. The van der Waals surface area contributed by atoms with Gasteiger partial charge in [0.1, 0.15) is 10.7 Å². The number of rotatable bonds is 1. The molecule has 0 aliphatic rings. The molecule has 13 heavy (non-hydrogen) atoms. The Morgan fingerprint density at radius 1 is 1.15 bits per heavy atom. The van der Waals surface area contributed by atoms with Gasteiger partial charge in [-0.3, -0.25) is 4.98 Å². The molecule has 0 atom stereocenters. The molecule has 0 unspecified atom stereocenters. The molecule has 0 aliphatic heterocycles. The van der Waals surface area contributed by atoms with E-state index < -0.39 is 0 Å². The highest BCUT2D eigenvalue weighted by Gasteiger charge is 2.04. The van der Waals surface area contributed by atoms with E-state index in [1.54, 1.807) is 11.3 Å². The fraction of sp³-hybridized carbons (Fsp3) is 0.222. The summed E-state index contributed by atoms with van der Waals surface area (Å²) in [5.41, 5.74) is 1.91. The lowest BCUT2D eigenvalue weighted by Crippen LogP contribution is -1.84. The summed E-state index contributed by atoms with van der Waals surface area (Å²) in [6, 6.07) is 5.90. The smallest absolute Gasteiger partial charge is 0.166 e. The van der Waals surface area contributed by atoms with Gasteiger partial charge in [-0.15, -0.1) is 10.2 Å². The first-order valence-electron chi connectivity index (χ1n) is 4.00. The largest absolute Gasteiger partial charge is 0.251 e. The first-order chi connectivity index (χ1) is 6.25. The van der Waals surface area contributed by atoms with Crippen molar-refractivity contribution in [1.29, 1.82) is 0 Å². The average Bonchev–Trinajstić information content (AvgIpc) is 2.52. The van der Waals surface area contributed by atoms with Gasteiger partial charge in [-0.2, -0.15) is 0 Å². The van der Waals surface area contributed by atoms with Gasteiger partial charge in [0.25, 0.3) is 0 Å². The van der Waals surface area contributed by atoms with Gasteiger partial charge >= 0.3 is 0 Å². The molecule has 0 aromatic carbocycles. The molecule has 2 heterocycles. The van der Waals surface area contributed by atoms with Gasteiger partial charge in [-0.05, 0) is 26.0 Å². The quantitative estimate of drug-likeness (QED) is 0.693. The highest BCUT2D eigenvalue weighted by molar-refractivity contribution is 7.14. The molecule has 0 radical (unpaired) electrons. The molecule has 3 nitrogen and oxygen atoms in total. The SMILES string of the molecule is Cc1cccc(-c2nnc(C)s2)n1. The summed E-state index contributed by atoms with van der Waals surface area (Å²) in [6.07, 6.45) is 0. The lowest BCUT2D eigenvalue weighted by molar-refractivity contribution is 1.04. The number of aryl methyl sites for hydroxylation is 2. The van der Waals surface area contributed by atoms with Gasteiger partial charge in [0, 0.05) is 5.69 Å². The van der Waals surface area contributed by atoms with Crippen molar-refractivity contribution in [2.45, 2.75) is 13.8 Å². The first-order valence-corrected chi connectivity index (χ1v) is 4.81. The highest BCUT2D eigenvalue weighted by atomic mass is 32.1. The fourth-order valence-electron chi connectivity index (χ4n) is 1.06. The van der Waals surface area contributed by atoms with Gasteiger partial charge < -0.3 is 0 Å². The minimum absolute atomic E-state index is 0.890. The van der Waals surface area contributed by atoms with Crippen molar-refractivity contribution in [3.63, 3.8) is 0 Å². The van der Waals surface area contributed by atoms with Crippen LogP contribution in [0.25, 0.3) is 10.7 Å². The Kier molecular flexibility index (Phi) is 2.06. The Morgan fingerprint density at radius 2 is 2.00 bits per heavy atom. The summed E-state index contributed by atoms with van der Waals surface area (Å²) < 4.78 is 0. The van der Waals surface area contributed by atoms with Crippen molar-refractivity contribution >= 4 is 11.3 Å². The maximum atomic E-state index is 4.36. The van der Waals surface area contributed by atoms with E-state index in [0.717, 1.165) is 21.4 Å². The van der Waals surface area contributed by atoms with Crippen LogP contribution in [0.4, 0.5) is 0 Å². The number of hydrogen-bond acceptors (Lipinski definition) is 4. The number of hydrogen-bond donors (Lipinski definition) is 0. The monoisotopic (exact) mass is 191 g/mol. The van der Waals surface area contributed by atoms with Crippen molar-refractivity contribution in [1.82, 2.24) is 15.2 Å². The third-order valence-corrected chi connectivity index (χ3v) is 2.49. The van der Waals surface area contributed by atoms with E-state index in [1.165, 1.54) is 0 Å². The topological polar surface area (TPSA) is 38.7 Å². The van der Waals surface area contributed by atoms with Crippen molar-refractivity contribution in [2.75, 3.05) is 0 Å². The zero-order valence-electron chi connectivity index (χ0n) is 7.48. The molecule has 0 bridgehead atoms. The molecule has 0 amide bonds. The molecular weight excluding hydrogens is 182 g/mol. The maximum Gasteiger partial charge on any atom is 0.166 e. The van der Waals surface area contributed by atoms with Crippen molar-refractivity contribution < 1.29 is 0 Å². The zero-order chi connectivity index (χ0) is 9.26. The summed E-state index contributed by atoms with van der Waals surface area (Å²) in [5, 5.41) is 9.84. The van der Waals surface area contributed by atoms with Gasteiger partial charge in [0.2, 0.25) is 0 Å². The Labute approximate surface area is 80.5 Å². The van der Waals surface area contributed by atoms with Gasteiger partial charge in [0.05, 0.1) is 0 Å². The molecule has 0 spiro atoms. The van der Waals surface area contributed by atoms with Crippen LogP contribution in [-0.4, -0.2) is 15.2 Å². The predicted octanol–water partition coefficient (Wildman–Crippen LogP) is 2.22. The molecule has 0 N–H and O–H groups in total. The summed E-state index contributed by atoms with van der Waals surface area (Å²) in [7, 11) is 0. The average molecular weight is 191 g/mol. The van der Waals surface area contributed by atoms with Crippen LogP contribution in [0.5, 0.6) is 0 Å². The molecule has 66 valence electrons. The lowest BCUT2D eigenvalue weighted by atomic mass is 10.3. The third-order valence-electron chi connectivity index (χ3n) is 1.63. The number of aromatic nitrogens is 3. The second-order valence-corrected chi connectivity index (χ2v) is 3.97. The van der Waals surface area contributed by atoms with Gasteiger partial charge in [-0.25, -0.2) is 0 Å². The molecule has 0 fully saturated rings. The minimum Gasteiger partial charge on any atom is -0.251 e. The first kappa shape index (κ1) is 8.31. The molecule has 0 saturated heterocycles. The number of pyridine rings is 1. The molecule has 2 aromatic rings. The van der Waals surface area contributed by atoms with Crippen LogP contribution < -0.4 is 0 Å². The van der Waals surface area contributed by atoms with E-state index in [-0.39, 0.29) is 0 Å². The normalized spacial score (nSPS) is 10.3.